The molecule has 0 radical (unpaired) electrons. The third-order valence-electron chi connectivity index (χ3n) is 18.6. The van der Waals surface area contributed by atoms with Crippen LogP contribution in [-0.4, -0.2) is 171 Å². The zero-order valence-corrected chi connectivity index (χ0v) is 56.6. The van der Waals surface area contributed by atoms with Crippen LogP contribution in [0.4, 0.5) is 9.18 Å². The number of fused-ring (bicyclic) bond motifs is 5. The molecule has 7 amide bonds. The van der Waals surface area contributed by atoms with E-state index in [0.29, 0.717) is 5.56 Å². The molecule has 14 atom stereocenters. The van der Waals surface area contributed by atoms with Crippen molar-refractivity contribution in [1.82, 2.24) is 26.6 Å². The molecule has 28 nitrogen and oxygen atoms in total. The number of aliphatic hydroxyl groups is 3. The maximum atomic E-state index is 15.4. The minimum Gasteiger partial charge on any atom is -0.455 e. The Morgan fingerprint density at radius 3 is 2.05 bits per heavy atom. The number of primary amides is 2. The van der Waals surface area contributed by atoms with Crippen LogP contribution in [0.25, 0.3) is 6.08 Å². The Bertz CT molecular complexity index is 3620. The van der Waals surface area contributed by atoms with E-state index in [1.807, 2.05) is 0 Å². The van der Waals surface area contributed by atoms with Crippen molar-refractivity contribution in [1.29, 1.82) is 0 Å². The summed E-state index contributed by atoms with van der Waals surface area (Å²) in [6.45, 7) is 12.5. The molecule has 1 aliphatic heterocycles. The zero-order valence-electron chi connectivity index (χ0n) is 56.6. The molecule has 0 aromatic heterocycles. The number of rotatable bonds is 28. The van der Waals surface area contributed by atoms with Crippen LogP contribution in [-0.2, 0) is 76.4 Å². The molecule has 3 aromatic rings. The van der Waals surface area contributed by atoms with Crippen LogP contribution >= 0.6 is 0 Å². The number of carbonyl (C=O) groups excluding carboxylic acids is 12. The molecule has 3 aliphatic carbocycles. The molecular weight excluding hydrogens is 1290 g/mol. The van der Waals surface area contributed by atoms with Gasteiger partial charge >= 0.3 is 30.0 Å². The van der Waals surface area contributed by atoms with Crippen LogP contribution in [0.5, 0.6) is 0 Å². The summed E-state index contributed by atoms with van der Waals surface area (Å²) < 4.78 is 49.7. The fraction of sp³-hybridized carbons (Fsp3) is 0.514. The maximum Gasteiger partial charge on any atom is 0.408 e. The van der Waals surface area contributed by atoms with Gasteiger partial charge in [-0.2, -0.15) is 0 Å². The first kappa shape index (κ1) is 76.9. The van der Waals surface area contributed by atoms with Gasteiger partial charge in [0.2, 0.25) is 41.5 Å². The smallest absolute Gasteiger partial charge is 0.408 e. The van der Waals surface area contributed by atoms with Gasteiger partial charge in [-0.3, -0.25) is 43.2 Å². The average molecular weight is 1380 g/mol. The number of esters is 4. The first-order valence-electron chi connectivity index (χ1n) is 32.5. The molecule has 7 rings (SSSR count). The molecule has 2 saturated carbocycles. The molecule has 99 heavy (non-hydrogen) atoms. The second-order valence-electron chi connectivity index (χ2n) is 27.0. The van der Waals surface area contributed by atoms with Crippen LogP contribution in [0, 0.1) is 22.6 Å². The van der Waals surface area contributed by atoms with Crippen molar-refractivity contribution < 1.29 is 106 Å². The molecule has 3 fully saturated rings. The number of hydrogen-bond acceptors (Lipinski definition) is 21. The Hall–Kier alpha value is -9.45. The molecule has 0 spiro atoms. The molecule has 536 valence electrons. The van der Waals surface area contributed by atoms with Crippen molar-refractivity contribution in [3.05, 3.63) is 125 Å². The van der Waals surface area contributed by atoms with E-state index in [9.17, 15) is 67.7 Å². The summed E-state index contributed by atoms with van der Waals surface area (Å²) in [7, 11) is 0. The van der Waals surface area contributed by atoms with E-state index in [4.69, 9.17) is 39.9 Å². The number of carbonyl (C=O) groups is 12. The summed E-state index contributed by atoms with van der Waals surface area (Å²) in [6.07, 6.45) is -11.8. The van der Waals surface area contributed by atoms with Gasteiger partial charge in [0.15, 0.2) is 11.4 Å². The lowest BCUT2D eigenvalue weighted by molar-refractivity contribution is -0.346. The number of nitrogens with two attached hydrogens (primary N) is 2. The van der Waals surface area contributed by atoms with E-state index in [2.05, 4.69) is 26.6 Å². The third-order valence-corrected chi connectivity index (χ3v) is 18.6. The number of aliphatic hydroxyl groups excluding tert-OH is 2. The van der Waals surface area contributed by atoms with Crippen molar-refractivity contribution in [2.24, 2.45) is 28.2 Å². The molecule has 3 aromatic carbocycles. The predicted octanol–water partition coefficient (Wildman–Crippen LogP) is 2.95. The van der Waals surface area contributed by atoms with Crippen LogP contribution < -0.4 is 38.1 Å². The monoisotopic (exact) mass is 1380 g/mol. The van der Waals surface area contributed by atoms with E-state index in [-0.39, 0.29) is 67.5 Å². The summed E-state index contributed by atoms with van der Waals surface area (Å²) in [4.78, 5) is 162. The Morgan fingerprint density at radius 2 is 1.44 bits per heavy atom. The van der Waals surface area contributed by atoms with Crippen molar-refractivity contribution in [3.63, 3.8) is 0 Å². The van der Waals surface area contributed by atoms with E-state index in [1.165, 1.54) is 83.2 Å². The topological polar surface area (TPSA) is 433 Å². The number of Topliss-reactive ketones (excluding diaryl/α,β-unsaturated/α-hetero) is 1. The highest BCUT2D eigenvalue weighted by Gasteiger charge is 2.78. The van der Waals surface area contributed by atoms with Gasteiger partial charge in [0, 0.05) is 50.6 Å². The number of ketones is 1. The highest BCUT2D eigenvalue weighted by Crippen LogP contribution is 2.64. The van der Waals surface area contributed by atoms with E-state index >= 15 is 9.59 Å². The number of alkyl carbamates (subject to hydrolysis) is 1. The standard InChI is InChI=1S/C70H88FN7O21/c1-37-46(35-70(93)59(97-63(90)42-22-14-11-15-23-42)57-68(9,58(86)55(85)53(37)67(70,7)8)47(80)34-48-69(57,36-94-48)98-39(3)79)95-64(91)56(54(41-20-12-10-13-21-41)78-65(92)99-66(4,5)6)96-52(84)31-30-49(81)74-32-17-16-25-44(60(72)87)76-51(83)29-27-45(61(73)88)77-62(89)38(2)75-50(82)28-26-40-19-18-24-43(71)33-40/h10-15,18-24,26,28,33,38,44-48,54-57,59,80,85,93H,16-17,25,27,29-32,34-36H2,1-9H3,(H2,72,87)(H2,73,88)(H,74,81)(H,75,82)(H,76,83)(H,77,89)(H,78,92)/b28-26+/t38?,44?,45-,46-,47-,48+,54-,55+,56+,57-,59-,68+,69-,70+/m0/s1. The Balaban J connectivity index is 1.04. The van der Waals surface area contributed by atoms with Crippen LogP contribution in [0.1, 0.15) is 148 Å². The zero-order chi connectivity index (χ0) is 73.1. The van der Waals surface area contributed by atoms with Gasteiger partial charge in [0.05, 0.1) is 36.0 Å². The lowest BCUT2D eigenvalue weighted by Gasteiger charge is -2.67. The van der Waals surface area contributed by atoms with E-state index in [1.54, 1.807) is 63.2 Å². The first-order chi connectivity index (χ1) is 46.4. The van der Waals surface area contributed by atoms with Crippen LogP contribution in [0.2, 0.25) is 0 Å². The van der Waals surface area contributed by atoms with Crippen molar-refractivity contribution in [2.75, 3.05) is 13.2 Å². The van der Waals surface area contributed by atoms with E-state index < -0.39 is 197 Å². The second kappa shape index (κ2) is 32.0. The molecule has 4 aliphatic rings. The minimum absolute atomic E-state index is 0.00431. The van der Waals surface area contributed by atoms with Gasteiger partial charge in [-0.15, -0.1) is 0 Å². The minimum atomic E-state index is -2.54. The normalized spacial score (nSPS) is 25.2. The van der Waals surface area contributed by atoms with Crippen molar-refractivity contribution in [2.45, 2.75) is 198 Å². The lowest BCUT2D eigenvalue weighted by atomic mass is 9.44. The number of ether oxygens (including phenoxy) is 6. The molecule has 12 N–H and O–H groups in total. The van der Waals surface area contributed by atoms with Gasteiger partial charge in [-0.05, 0) is 120 Å². The Kier molecular flexibility index (Phi) is 24.9. The molecule has 29 heteroatoms. The highest BCUT2D eigenvalue weighted by atomic mass is 19.1. The van der Waals surface area contributed by atoms with Gasteiger partial charge in [-0.1, -0.05) is 74.5 Å². The molecular formula is C70H88FN7O21. The Labute approximate surface area is 571 Å². The number of amides is 7. The van der Waals surface area contributed by atoms with Crippen molar-refractivity contribution in [3.8, 4) is 0 Å². The van der Waals surface area contributed by atoms with Crippen LogP contribution in [0.3, 0.4) is 0 Å². The summed E-state index contributed by atoms with van der Waals surface area (Å²) >= 11 is 0. The van der Waals surface area contributed by atoms with Gasteiger partial charge < -0.3 is 81.8 Å². The highest BCUT2D eigenvalue weighted by molar-refractivity contribution is 5.97. The number of hydrogen-bond donors (Lipinski definition) is 10. The molecule has 1 saturated heterocycles. The number of halogens is 1. The summed E-state index contributed by atoms with van der Waals surface area (Å²) in [5.74, 6) is -12.4. The summed E-state index contributed by atoms with van der Waals surface area (Å²) in [5, 5.41) is 51.0. The molecule has 2 bridgehead atoms. The number of unbranched alkanes of at least 4 members (excludes halogenated alkanes) is 1. The summed E-state index contributed by atoms with van der Waals surface area (Å²) in [6, 6.07) is 15.4. The lowest BCUT2D eigenvalue weighted by Crippen LogP contribution is -2.81. The van der Waals surface area contributed by atoms with E-state index in [0.717, 1.165) is 13.0 Å². The largest absolute Gasteiger partial charge is 0.455 e. The molecule has 1 heterocycles. The SMILES string of the molecule is CC(=O)O[C@@]12CO[C@@H]1C[C@H](O)[C@@]1(C)C(=O)[C@H](O)C3=C(C)[C@@H](OC(=O)[C@H](OC(=O)CCC(=O)NCCCCC(NC(=O)CC[C@H](NC(=O)C(C)NC(=O)/C=C/c4cccc(F)c4)C(N)=O)C(N)=O)[C@@H](NC(=O)OC(C)(C)C)c4ccccc4)C[C@@](O)([C@@H](OC(=O)c4ccccc4)[C@H]21)C3(C)C. The quantitative estimate of drug-likeness (QED) is 0.0164. The fourth-order valence-electron chi connectivity index (χ4n) is 13.4. The van der Waals surface area contributed by atoms with Gasteiger partial charge in [-0.25, -0.2) is 18.8 Å². The number of nitrogens with one attached hydrogen (secondary N) is 5. The average Bonchev–Trinajstić information content (AvgIpc) is 0.670. The van der Waals surface area contributed by atoms with Gasteiger partial charge in [0.1, 0.15) is 65.6 Å². The van der Waals surface area contributed by atoms with Gasteiger partial charge in [0.25, 0.3) is 0 Å². The maximum absolute atomic E-state index is 15.4. The first-order valence-corrected chi connectivity index (χ1v) is 32.5. The van der Waals surface area contributed by atoms with Crippen LogP contribution in [0.15, 0.2) is 102 Å². The molecule has 2 unspecified atom stereocenters. The van der Waals surface area contributed by atoms with Crippen molar-refractivity contribution >= 4 is 77.3 Å². The number of benzene rings is 3. The summed E-state index contributed by atoms with van der Waals surface area (Å²) in [5.41, 5.74) is 2.03. The second-order valence-corrected chi connectivity index (χ2v) is 27.0. The predicted molar refractivity (Wildman–Crippen MR) is 348 cm³/mol. The Morgan fingerprint density at radius 1 is 0.798 bits per heavy atom. The third kappa shape index (κ3) is 18.1. The fourth-order valence-corrected chi connectivity index (χ4v) is 13.4.